The second-order valence-electron chi connectivity index (χ2n) is 6.57. The van der Waals surface area contributed by atoms with E-state index in [-0.39, 0.29) is 11.9 Å². The molecule has 1 saturated heterocycles. The largest absolute Gasteiger partial charge is 0.459 e. The van der Waals surface area contributed by atoms with Crippen molar-refractivity contribution >= 4 is 11.9 Å². The maximum absolute atomic E-state index is 11.7. The predicted molar refractivity (Wildman–Crippen MR) is 67.0 cm³/mol. The molecule has 18 heavy (non-hydrogen) atoms. The highest BCUT2D eigenvalue weighted by Crippen LogP contribution is 2.20. The number of carbonyl (C=O) groups excluding carboxylic acids is 2. The summed E-state index contributed by atoms with van der Waals surface area (Å²) in [6.45, 7) is 10.9. The minimum atomic E-state index is -0.504. The molecule has 0 spiro atoms. The molecule has 2 atom stereocenters. The predicted octanol–water partition coefficient (Wildman–Crippen LogP) is 1.40. The Labute approximate surface area is 108 Å². The third-order valence-electron chi connectivity index (χ3n) is 2.26. The number of nitrogens with one attached hydrogen (secondary N) is 1. The smallest absolute Gasteiger partial charge is 0.323 e. The van der Waals surface area contributed by atoms with E-state index in [1.807, 2.05) is 41.5 Å². The third kappa shape index (κ3) is 4.64. The quantitative estimate of drug-likeness (QED) is 0.758. The molecule has 1 N–H and O–H groups in total. The second-order valence-corrected chi connectivity index (χ2v) is 6.57. The highest BCUT2D eigenvalue weighted by molar-refractivity contribution is 5.84. The van der Waals surface area contributed by atoms with Gasteiger partial charge in [-0.15, -0.1) is 0 Å². The van der Waals surface area contributed by atoms with Crippen LogP contribution in [0.3, 0.4) is 0 Å². The van der Waals surface area contributed by atoms with Gasteiger partial charge >= 0.3 is 11.9 Å². The number of hydrogen-bond acceptors (Lipinski definition) is 5. The molecule has 5 heteroatoms. The Morgan fingerprint density at radius 3 is 1.39 bits per heavy atom. The minimum absolute atomic E-state index is 0.317. The standard InChI is InChI=1S/C13H23NO4/c1-12(2,3)17-10(15)8-7-9(14-8)11(16)18-13(4,5)6/h8-9,14H,7H2,1-6H3. The zero-order valence-electron chi connectivity index (χ0n) is 12.0. The fraction of sp³-hybridized carbons (Fsp3) is 0.846. The van der Waals surface area contributed by atoms with Gasteiger partial charge < -0.3 is 9.47 Å². The summed E-state index contributed by atoms with van der Waals surface area (Å²) in [5.74, 6) is -0.635. The Morgan fingerprint density at radius 1 is 0.889 bits per heavy atom. The van der Waals surface area contributed by atoms with Gasteiger partial charge in [-0.2, -0.15) is 0 Å². The molecule has 5 nitrogen and oxygen atoms in total. The molecule has 0 amide bonds. The van der Waals surface area contributed by atoms with E-state index in [0.717, 1.165) is 0 Å². The average molecular weight is 257 g/mol. The first-order valence-electron chi connectivity index (χ1n) is 6.20. The number of rotatable bonds is 2. The maximum Gasteiger partial charge on any atom is 0.323 e. The summed E-state index contributed by atoms with van der Waals surface area (Å²) in [6.07, 6.45) is 0.434. The average Bonchev–Trinajstić information content (AvgIpc) is 1.91. The second kappa shape index (κ2) is 4.88. The van der Waals surface area contributed by atoms with Crippen LogP contribution in [0.1, 0.15) is 48.0 Å². The Bertz CT molecular complexity index is 300. The molecular weight excluding hydrogens is 234 g/mol. The lowest BCUT2D eigenvalue weighted by molar-refractivity contribution is -0.167. The molecule has 1 fully saturated rings. The van der Waals surface area contributed by atoms with Crippen LogP contribution in [0.15, 0.2) is 0 Å². The molecule has 2 unspecified atom stereocenters. The van der Waals surface area contributed by atoms with E-state index in [0.29, 0.717) is 6.42 Å². The lowest BCUT2D eigenvalue weighted by Gasteiger charge is -2.36. The van der Waals surface area contributed by atoms with Crippen molar-refractivity contribution in [3.8, 4) is 0 Å². The van der Waals surface area contributed by atoms with Crippen LogP contribution in [0.5, 0.6) is 0 Å². The van der Waals surface area contributed by atoms with Gasteiger partial charge in [-0.25, -0.2) is 0 Å². The normalized spacial score (nSPS) is 24.1. The van der Waals surface area contributed by atoms with E-state index < -0.39 is 23.3 Å². The molecule has 0 aromatic rings. The Morgan fingerprint density at radius 2 is 1.17 bits per heavy atom. The van der Waals surface area contributed by atoms with Crippen LogP contribution in [0.4, 0.5) is 0 Å². The van der Waals surface area contributed by atoms with Crippen molar-refractivity contribution in [1.82, 2.24) is 5.32 Å². The van der Waals surface area contributed by atoms with Crippen LogP contribution in [-0.2, 0) is 19.1 Å². The van der Waals surface area contributed by atoms with Crippen molar-refractivity contribution in [2.24, 2.45) is 0 Å². The summed E-state index contributed by atoms with van der Waals surface area (Å²) in [4.78, 5) is 23.3. The summed E-state index contributed by atoms with van der Waals surface area (Å²) >= 11 is 0. The summed E-state index contributed by atoms with van der Waals surface area (Å²) in [6, 6.07) is -0.802. The lowest BCUT2D eigenvalue weighted by Crippen LogP contribution is -2.61. The Kier molecular flexibility index (Phi) is 4.05. The van der Waals surface area contributed by atoms with Crippen LogP contribution in [0.25, 0.3) is 0 Å². The molecule has 0 bridgehead atoms. The highest BCUT2D eigenvalue weighted by atomic mass is 16.6. The Hall–Kier alpha value is -1.10. The van der Waals surface area contributed by atoms with Gasteiger partial charge in [0, 0.05) is 0 Å². The van der Waals surface area contributed by atoms with Crippen molar-refractivity contribution in [2.75, 3.05) is 0 Å². The summed E-state index contributed by atoms with van der Waals surface area (Å²) < 4.78 is 10.4. The van der Waals surface area contributed by atoms with Crippen molar-refractivity contribution in [3.05, 3.63) is 0 Å². The van der Waals surface area contributed by atoms with Crippen molar-refractivity contribution in [2.45, 2.75) is 71.2 Å². The maximum atomic E-state index is 11.7. The van der Waals surface area contributed by atoms with Crippen molar-refractivity contribution < 1.29 is 19.1 Å². The van der Waals surface area contributed by atoms with E-state index in [9.17, 15) is 9.59 Å². The first-order chi connectivity index (χ1) is 7.98. The zero-order valence-corrected chi connectivity index (χ0v) is 12.0. The molecule has 0 radical (unpaired) electrons. The van der Waals surface area contributed by atoms with Crippen LogP contribution in [0.2, 0.25) is 0 Å². The SMILES string of the molecule is CC(C)(C)OC(=O)C1CC(C(=O)OC(C)(C)C)N1. The van der Waals surface area contributed by atoms with Crippen molar-refractivity contribution in [1.29, 1.82) is 0 Å². The molecule has 1 rings (SSSR count). The topological polar surface area (TPSA) is 64.6 Å². The van der Waals surface area contributed by atoms with Gasteiger partial charge in [0.25, 0.3) is 0 Å². The number of carbonyl (C=O) groups is 2. The summed E-state index contributed by atoms with van der Waals surface area (Å²) in [7, 11) is 0. The van der Waals surface area contributed by atoms with Gasteiger partial charge in [0.1, 0.15) is 23.3 Å². The van der Waals surface area contributed by atoms with Crippen molar-refractivity contribution in [3.63, 3.8) is 0 Å². The molecule has 1 aliphatic rings. The summed E-state index contributed by atoms with van der Waals surface area (Å²) in [5.41, 5.74) is -1.01. The summed E-state index contributed by atoms with van der Waals surface area (Å²) in [5, 5.41) is 2.88. The van der Waals surface area contributed by atoms with Gasteiger partial charge in [0.15, 0.2) is 0 Å². The third-order valence-corrected chi connectivity index (χ3v) is 2.26. The molecule has 104 valence electrons. The molecule has 0 saturated carbocycles. The van der Waals surface area contributed by atoms with E-state index in [1.165, 1.54) is 0 Å². The lowest BCUT2D eigenvalue weighted by atomic mass is 9.96. The first kappa shape index (κ1) is 15.0. The Balaban J connectivity index is 2.36. The fourth-order valence-corrected chi connectivity index (χ4v) is 1.53. The first-order valence-corrected chi connectivity index (χ1v) is 6.20. The molecule has 0 aromatic heterocycles. The van der Waals surface area contributed by atoms with Gasteiger partial charge in [-0.1, -0.05) is 0 Å². The van der Waals surface area contributed by atoms with E-state index in [4.69, 9.17) is 9.47 Å². The van der Waals surface area contributed by atoms with Crippen LogP contribution in [-0.4, -0.2) is 35.2 Å². The van der Waals surface area contributed by atoms with Crippen LogP contribution >= 0.6 is 0 Å². The number of ether oxygens (including phenoxy) is 2. The van der Waals surface area contributed by atoms with E-state index in [2.05, 4.69) is 5.32 Å². The number of esters is 2. The van der Waals surface area contributed by atoms with E-state index >= 15 is 0 Å². The zero-order chi connectivity index (χ0) is 14.1. The molecule has 1 heterocycles. The van der Waals surface area contributed by atoms with Crippen LogP contribution < -0.4 is 5.32 Å². The highest BCUT2D eigenvalue weighted by Gasteiger charge is 2.42. The molecule has 1 aliphatic heterocycles. The van der Waals surface area contributed by atoms with Gasteiger partial charge in [-0.05, 0) is 48.0 Å². The van der Waals surface area contributed by atoms with Crippen LogP contribution in [0, 0.1) is 0 Å². The van der Waals surface area contributed by atoms with Gasteiger partial charge in [0.05, 0.1) is 0 Å². The fourth-order valence-electron chi connectivity index (χ4n) is 1.53. The molecule has 0 aromatic carbocycles. The number of hydrogen-bond donors (Lipinski definition) is 1. The van der Waals surface area contributed by atoms with E-state index in [1.54, 1.807) is 0 Å². The van der Waals surface area contributed by atoms with Gasteiger partial charge in [-0.3, -0.25) is 14.9 Å². The minimum Gasteiger partial charge on any atom is -0.459 e. The molecular formula is C13H23NO4. The van der Waals surface area contributed by atoms with Gasteiger partial charge in [0.2, 0.25) is 0 Å². The molecule has 0 aliphatic carbocycles. The monoisotopic (exact) mass is 257 g/mol.